The average molecular weight is 407 g/mol. The van der Waals surface area contributed by atoms with E-state index in [0.29, 0.717) is 35.4 Å². The molecule has 3 aromatic heterocycles. The molecule has 146 valence electrons. The number of likely N-dealkylation sites (tertiary alicyclic amines) is 1. The molecule has 7 nitrogen and oxygen atoms in total. The lowest BCUT2D eigenvalue weighted by Crippen LogP contribution is -2.27. The maximum absolute atomic E-state index is 12.6. The van der Waals surface area contributed by atoms with Crippen molar-refractivity contribution < 1.29 is 18.4 Å². The number of amides is 2. The molecule has 1 fully saturated rings. The van der Waals surface area contributed by atoms with E-state index in [9.17, 15) is 9.59 Å². The van der Waals surface area contributed by atoms with E-state index < -0.39 is 5.92 Å². The number of rotatable bonds is 5. The fraction of sp³-hybridized carbons (Fsp3) is 0.190. The summed E-state index contributed by atoms with van der Waals surface area (Å²) in [5, 5.41) is 6.17. The summed E-state index contributed by atoms with van der Waals surface area (Å²) in [6.45, 7) is 0.746. The summed E-state index contributed by atoms with van der Waals surface area (Å²) >= 11 is 1.33. The second-order valence-electron chi connectivity index (χ2n) is 6.93. The van der Waals surface area contributed by atoms with Crippen molar-refractivity contribution in [3.8, 4) is 11.5 Å². The highest BCUT2D eigenvalue weighted by Crippen LogP contribution is 2.30. The predicted octanol–water partition coefficient (Wildman–Crippen LogP) is 4.14. The van der Waals surface area contributed by atoms with Crippen molar-refractivity contribution in [1.82, 2.24) is 9.88 Å². The number of nitrogens with zero attached hydrogens (tertiary/aromatic N) is 2. The van der Waals surface area contributed by atoms with E-state index in [0.717, 1.165) is 11.0 Å². The number of furan rings is 2. The average Bonchev–Trinajstić information content (AvgIpc) is 3.49. The number of nitrogens with one attached hydrogen (secondary N) is 1. The summed E-state index contributed by atoms with van der Waals surface area (Å²) < 4.78 is 11.1. The second kappa shape index (κ2) is 7.21. The Hall–Kier alpha value is -3.39. The standard InChI is InChI=1S/C21H17N3O4S/c25-19-9-14(10-24(19)11-15-5-3-7-27-15)20(26)23-21-22-16(12-29-21)18-8-13-4-1-2-6-17(13)28-18/h1-8,12,14H,9-11H2,(H,22,23,26). The summed E-state index contributed by atoms with van der Waals surface area (Å²) in [7, 11) is 0. The van der Waals surface area contributed by atoms with Crippen LogP contribution in [0.4, 0.5) is 5.13 Å². The number of aromatic nitrogens is 1. The molecule has 1 unspecified atom stereocenters. The van der Waals surface area contributed by atoms with Crippen LogP contribution >= 0.6 is 11.3 Å². The maximum Gasteiger partial charge on any atom is 0.231 e. The maximum atomic E-state index is 12.6. The van der Waals surface area contributed by atoms with Gasteiger partial charge in [-0.3, -0.25) is 9.59 Å². The minimum absolute atomic E-state index is 0.0522. The lowest BCUT2D eigenvalue weighted by atomic mass is 10.1. The van der Waals surface area contributed by atoms with Crippen LogP contribution in [0.5, 0.6) is 0 Å². The summed E-state index contributed by atoms with van der Waals surface area (Å²) in [5.74, 6) is 0.698. The van der Waals surface area contributed by atoms with Crippen molar-refractivity contribution >= 4 is 39.3 Å². The topological polar surface area (TPSA) is 88.6 Å². The molecular formula is C21H17N3O4S. The SMILES string of the molecule is O=C(Nc1nc(-c2cc3ccccc3o2)cs1)C1CC(=O)N(Cc2ccco2)C1. The van der Waals surface area contributed by atoms with E-state index in [2.05, 4.69) is 10.3 Å². The number of fused-ring (bicyclic) bond motifs is 1. The zero-order valence-corrected chi connectivity index (χ0v) is 16.1. The molecule has 4 heterocycles. The van der Waals surface area contributed by atoms with Crippen molar-refractivity contribution in [3.05, 3.63) is 59.9 Å². The van der Waals surface area contributed by atoms with Gasteiger partial charge in [0.25, 0.3) is 0 Å². The van der Waals surface area contributed by atoms with Crippen LogP contribution in [0.3, 0.4) is 0 Å². The number of hydrogen-bond donors (Lipinski definition) is 1. The molecular weight excluding hydrogens is 390 g/mol. The van der Waals surface area contributed by atoms with Crippen LogP contribution in [0.2, 0.25) is 0 Å². The Kier molecular flexibility index (Phi) is 4.40. The molecule has 4 aromatic rings. The summed E-state index contributed by atoms with van der Waals surface area (Å²) in [6.07, 6.45) is 1.76. The third-order valence-electron chi connectivity index (χ3n) is 4.92. The molecule has 1 aliphatic rings. The molecule has 1 atom stereocenters. The van der Waals surface area contributed by atoms with Gasteiger partial charge < -0.3 is 19.1 Å². The quantitative estimate of drug-likeness (QED) is 0.537. The number of anilines is 1. The van der Waals surface area contributed by atoms with E-state index in [1.807, 2.05) is 41.8 Å². The molecule has 0 aliphatic carbocycles. The molecule has 29 heavy (non-hydrogen) atoms. The van der Waals surface area contributed by atoms with Gasteiger partial charge in [-0.1, -0.05) is 18.2 Å². The molecule has 8 heteroatoms. The minimum atomic E-state index is -0.406. The van der Waals surface area contributed by atoms with Gasteiger partial charge in [0.15, 0.2) is 10.9 Å². The first-order chi connectivity index (χ1) is 14.2. The van der Waals surface area contributed by atoms with E-state index >= 15 is 0 Å². The van der Waals surface area contributed by atoms with Crippen LogP contribution in [-0.4, -0.2) is 28.2 Å². The molecule has 0 spiro atoms. The third kappa shape index (κ3) is 3.54. The highest BCUT2D eigenvalue weighted by molar-refractivity contribution is 7.14. The Morgan fingerprint density at radius 1 is 1.28 bits per heavy atom. The Balaban J connectivity index is 1.25. The fourth-order valence-electron chi connectivity index (χ4n) is 3.45. The number of hydrogen-bond acceptors (Lipinski definition) is 6. The first-order valence-electron chi connectivity index (χ1n) is 9.21. The van der Waals surface area contributed by atoms with Crippen molar-refractivity contribution in [2.75, 3.05) is 11.9 Å². The molecule has 5 rings (SSSR count). The van der Waals surface area contributed by atoms with Crippen LogP contribution in [0.15, 0.2) is 62.9 Å². The minimum Gasteiger partial charge on any atom is -0.467 e. The van der Waals surface area contributed by atoms with Gasteiger partial charge in [-0.2, -0.15) is 0 Å². The zero-order valence-electron chi connectivity index (χ0n) is 15.3. The largest absolute Gasteiger partial charge is 0.467 e. The van der Waals surface area contributed by atoms with Gasteiger partial charge in [-0.15, -0.1) is 11.3 Å². The van der Waals surface area contributed by atoms with Crippen LogP contribution in [0, 0.1) is 5.92 Å². The van der Waals surface area contributed by atoms with Gasteiger partial charge in [0, 0.05) is 23.7 Å². The van der Waals surface area contributed by atoms with Gasteiger partial charge in [-0.05, 0) is 24.3 Å². The van der Waals surface area contributed by atoms with E-state index in [-0.39, 0.29) is 18.2 Å². The van der Waals surface area contributed by atoms with Crippen molar-refractivity contribution in [3.63, 3.8) is 0 Å². The van der Waals surface area contributed by atoms with Gasteiger partial charge in [-0.25, -0.2) is 4.98 Å². The zero-order chi connectivity index (χ0) is 19.8. The lowest BCUT2D eigenvalue weighted by Gasteiger charge is -2.14. The summed E-state index contributed by atoms with van der Waals surface area (Å²) in [4.78, 5) is 31.0. The van der Waals surface area contributed by atoms with Crippen LogP contribution in [0.25, 0.3) is 22.4 Å². The second-order valence-corrected chi connectivity index (χ2v) is 7.79. The van der Waals surface area contributed by atoms with E-state index in [4.69, 9.17) is 8.83 Å². The molecule has 0 bridgehead atoms. The number of thiazole rings is 1. The van der Waals surface area contributed by atoms with Gasteiger partial charge in [0.05, 0.1) is 18.7 Å². The first kappa shape index (κ1) is 17.7. The highest BCUT2D eigenvalue weighted by atomic mass is 32.1. The molecule has 1 aromatic carbocycles. The molecule has 0 saturated carbocycles. The first-order valence-corrected chi connectivity index (χ1v) is 10.1. The number of benzene rings is 1. The predicted molar refractivity (Wildman–Crippen MR) is 108 cm³/mol. The van der Waals surface area contributed by atoms with Gasteiger partial charge in [0.2, 0.25) is 11.8 Å². The number of para-hydroxylation sites is 1. The summed E-state index contributed by atoms with van der Waals surface area (Å²) in [5.41, 5.74) is 1.46. The third-order valence-corrected chi connectivity index (χ3v) is 5.68. The molecule has 1 aliphatic heterocycles. The number of carbonyl (C=O) groups is 2. The molecule has 1 saturated heterocycles. The van der Waals surface area contributed by atoms with Gasteiger partial charge >= 0.3 is 0 Å². The fourth-order valence-corrected chi connectivity index (χ4v) is 4.15. The van der Waals surface area contributed by atoms with Gasteiger partial charge in [0.1, 0.15) is 17.0 Å². The Morgan fingerprint density at radius 3 is 3.00 bits per heavy atom. The number of carbonyl (C=O) groups excluding carboxylic acids is 2. The monoisotopic (exact) mass is 407 g/mol. The van der Waals surface area contributed by atoms with E-state index in [1.54, 1.807) is 17.2 Å². The van der Waals surface area contributed by atoms with Crippen molar-refractivity contribution in [2.45, 2.75) is 13.0 Å². The molecule has 2 amide bonds. The van der Waals surface area contributed by atoms with Crippen molar-refractivity contribution in [2.24, 2.45) is 5.92 Å². The molecule has 1 N–H and O–H groups in total. The summed E-state index contributed by atoms with van der Waals surface area (Å²) in [6, 6.07) is 13.3. The lowest BCUT2D eigenvalue weighted by molar-refractivity contribution is -0.128. The normalized spacial score (nSPS) is 16.6. The Morgan fingerprint density at radius 2 is 2.17 bits per heavy atom. The Bertz CT molecular complexity index is 1140. The highest BCUT2D eigenvalue weighted by Gasteiger charge is 2.35. The van der Waals surface area contributed by atoms with Crippen LogP contribution in [0.1, 0.15) is 12.2 Å². The smallest absolute Gasteiger partial charge is 0.231 e. The van der Waals surface area contributed by atoms with E-state index in [1.165, 1.54) is 11.3 Å². The van der Waals surface area contributed by atoms with Crippen molar-refractivity contribution in [1.29, 1.82) is 0 Å². The van der Waals surface area contributed by atoms with Crippen LogP contribution in [-0.2, 0) is 16.1 Å². The molecule has 0 radical (unpaired) electrons. The van der Waals surface area contributed by atoms with Crippen LogP contribution < -0.4 is 5.32 Å². The Labute approximate surface area is 169 Å².